The maximum Gasteiger partial charge on any atom is 0.300 e. The summed E-state index contributed by atoms with van der Waals surface area (Å²) in [4.78, 5) is 31.5. The quantitative estimate of drug-likeness (QED) is 0.406. The van der Waals surface area contributed by atoms with Crippen LogP contribution in [0.15, 0.2) is 78.6 Å². The van der Waals surface area contributed by atoms with E-state index < -0.39 is 17.7 Å². The van der Waals surface area contributed by atoms with Crippen molar-refractivity contribution in [3.63, 3.8) is 0 Å². The molecule has 1 aliphatic heterocycles. The Kier molecular flexibility index (Phi) is 5.06. The Morgan fingerprint density at radius 2 is 1.67 bits per heavy atom. The zero-order chi connectivity index (χ0) is 21.3. The monoisotopic (exact) mass is 400 g/mol. The van der Waals surface area contributed by atoms with Gasteiger partial charge in [-0.3, -0.25) is 19.5 Å². The molecule has 4 rings (SSSR count). The predicted molar refractivity (Wildman–Crippen MR) is 113 cm³/mol. The number of aromatic nitrogens is 1. The van der Waals surface area contributed by atoms with Gasteiger partial charge < -0.3 is 9.84 Å². The normalized spacial score (nSPS) is 17.9. The lowest BCUT2D eigenvalue weighted by Gasteiger charge is -2.26. The van der Waals surface area contributed by atoms with Gasteiger partial charge in [0.15, 0.2) is 0 Å². The fourth-order valence-electron chi connectivity index (χ4n) is 3.69. The SMILES string of the molecule is COc1ccc(N2C(=O)C(=O)/C(=C(\O)c3ccncc3)C2c2ccccc2C)cc1. The predicted octanol–water partition coefficient (Wildman–Crippen LogP) is 4.02. The summed E-state index contributed by atoms with van der Waals surface area (Å²) in [6.07, 6.45) is 3.05. The van der Waals surface area contributed by atoms with Crippen molar-refractivity contribution in [2.45, 2.75) is 13.0 Å². The number of hydrogen-bond acceptors (Lipinski definition) is 5. The molecule has 0 spiro atoms. The fraction of sp³-hybridized carbons (Fsp3) is 0.125. The third-order valence-electron chi connectivity index (χ3n) is 5.23. The molecule has 3 aromatic rings. The standard InChI is InChI=1S/C24H20N2O4/c1-15-5-3-4-6-19(15)21-20(22(27)16-11-13-25-14-12-16)23(28)24(29)26(21)17-7-9-18(30-2)10-8-17/h3-14,21,27H,1-2H3/b22-20-. The van der Waals surface area contributed by atoms with Gasteiger partial charge in [-0.25, -0.2) is 0 Å². The first kappa shape index (κ1) is 19.4. The molecule has 1 saturated heterocycles. The van der Waals surface area contributed by atoms with E-state index in [0.717, 1.165) is 11.1 Å². The molecule has 1 N–H and O–H groups in total. The fourth-order valence-corrected chi connectivity index (χ4v) is 3.69. The number of carbonyl (C=O) groups is 2. The number of pyridine rings is 1. The van der Waals surface area contributed by atoms with Crippen molar-refractivity contribution in [2.75, 3.05) is 12.0 Å². The molecule has 1 fully saturated rings. The van der Waals surface area contributed by atoms with Gasteiger partial charge in [0.05, 0.1) is 18.7 Å². The summed E-state index contributed by atoms with van der Waals surface area (Å²) < 4.78 is 5.20. The molecule has 2 aromatic carbocycles. The Morgan fingerprint density at radius 1 is 1.00 bits per heavy atom. The number of Topliss-reactive ketones (excluding diaryl/α,β-unsaturated/α-hetero) is 1. The summed E-state index contributed by atoms with van der Waals surface area (Å²) >= 11 is 0. The number of hydrogen-bond donors (Lipinski definition) is 1. The van der Waals surface area contributed by atoms with Crippen LogP contribution in [0.25, 0.3) is 5.76 Å². The van der Waals surface area contributed by atoms with E-state index in [1.807, 2.05) is 31.2 Å². The van der Waals surface area contributed by atoms with Crippen LogP contribution in [-0.2, 0) is 9.59 Å². The number of carbonyl (C=O) groups excluding carboxylic acids is 2. The summed E-state index contributed by atoms with van der Waals surface area (Å²) in [5.41, 5.74) is 2.69. The van der Waals surface area contributed by atoms with Gasteiger partial charge in [0, 0.05) is 23.6 Å². The minimum Gasteiger partial charge on any atom is -0.507 e. The van der Waals surface area contributed by atoms with Crippen LogP contribution in [0.3, 0.4) is 0 Å². The number of aryl methyl sites for hydroxylation is 1. The molecule has 1 aliphatic rings. The topological polar surface area (TPSA) is 79.7 Å². The Balaban J connectivity index is 1.95. The van der Waals surface area contributed by atoms with Gasteiger partial charge in [-0.15, -0.1) is 0 Å². The molecule has 150 valence electrons. The van der Waals surface area contributed by atoms with E-state index in [2.05, 4.69) is 4.98 Å². The van der Waals surface area contributed by atoms with Crippen LogP contribution in [-0.4, -0.2) is 28.9 Å². The van der Waals surface area contributed by atoms with Gasteiger partial charge in [0.25, 0.3) is 11.7 Å². The molecule has 0 aliphatic carbocycles. The van der Waals surface area contributed by atoms with Crippen molar-refractivity contribution in [1.82, 2.24) is 4.98 Å². The molecular formula is C24H20N2O4. The number of rotatable bonds is 4. The number of nitrogens with zero attached hydrogens (tertiary/aromatic N) is 2. The van der Waals surface area contributed by atoms with Crippen LogP contribution in [0, 0.1) is 6.92 Å². The number of anilines is 1. The van der Waals surface area contributed by atoms with Crippen LogP contribution in [0.5, 0.6) is 5.75 Å². The van der Waals surface area contributed by atoms with Crippen LogP contribution < -0.4 is 9.64 Å². The van der Waals surface area contributed by atoms with Crippen molar-refractivity contribution in [3.05, 3.63) is 95.3 Å². The third kappa shape index (κ3) is 3.22. The number of ether oxygens (including phenoxy) is 1. The van der Waals surface area contributed by atoms with Gasteiger partial charge in [0.1, 0.15) is 11.5 Å². The first-order valence-corrected chi connectivity index (χ1v) is 9.44. The molecule has 0 saturated carbocycles. The van der Waals surface area contributed by atoms with E-state index in [1.54, 1.807) is 43.5 Å². The average molecular weight is 400 g/mol. The second kappa shape index (κ2) is 7.83. The molecule has 0 radical (unpaired) electrons. The first-order valence-electron chi connectivity index (χ1n) is 9.44. The minimum atomic E-state index is -0.757. The molecule has 1 amide bonds. The summed E-state index contributed by atoms with van der Waals surface area (Å²) in [5.74, 6) is -1.00. The van der Waals surface area contributed by atoms with Gasteiger partial charge in [0.2, 0.25) is 0 Å². The van der Waals surface area contributed by atoms with Crippen molar-refractivity contribution < 1.29 is 19.4 Å². The van der Waals surface area contributed by atoms with Gasteiger partial charge >= 0.3 is 0 Å². The molecule has 1 aromatic heterocycles. The Bertz CT molecular complexity index is 1140. The molecular weight excluding hydrogens is 380 g/mol. The number of methoxy groups -OCH3 is 1. The minimum absolute atomic E-state index is 0.0521. The zero-order valence-electron chi connectivity index (χ0n) is 16.6. The van der Waals surface area contributed by atoms with Crippen molar-refractivity contribution in [1.29, 1.82) is 0 Å². The smallest absolute Gasteiger partial charge is 0.300 e. The van der Waals surface area contributed by atoms with Crippen LogP contribution in [0.2, 0.25) is 0 Å². The lowest BCUT2D eigenvalue weighted by atomic mass is 9.92. The second-order valence-electron chi connectivity index (χ2n) is 6.96. The van der Waals surface area contributed by atoms with E-state index in [-0.39, 0.29) is 11.3 Å². The Hall–Kier alpha value is -3.93. The van der Waals surface area contributed by atoms with Crippen molar-refractivity contribution in [2.24, 2.45) is 0 Å². The molecule has 6 nitrogen and oxygen atoms in total. The van der Waals surface area contributed by atoms with E-state index in [9.17, 15) is 14.7 Å². The van der Waals surface area contributed by atoms with E-state index >= 15 is 0 Å². The largest absolute Gasteiger partial charge is 0.507 e. The highest BCUT2D eigenvalue weighted by molar-refractivity contribution is 6.51. The van der Waals surface area contributed by atoms with Gasteiger partial charge in [-0.1, -0.05) is 24.3 Å². The van der Waals surface area contributed by atoms with Gasteiger partial charge in [-0.2, -0.15) is 0 Å². The number of aliphatic hydroxyl groups excluding tert-OH is 1. The number of ketones is 1. The number of aliphatic hydroxyl groups is 1. The van der Waals surface area contributed by atoms with Crippen LogP contribution in [0.1, 0.15) is 22.7 Å². The van der Waals surface area contributed by atoms with Crippen LogP contribution >= 0.6 is 0 Å². The zero-order valence-corrected chi connectivity index (χ0v) is 16.6. The highest BCUT2D eigenvalue weighted by Gasteiger charge is 2.47. The Labute approximate surface area is 174 Å². The molecule has 2 heterocycles. The van der Waals surface area contributed by atoms with Crippen LogP contribution in [0.4, 0.5) is 5.69 Å². The van der Waals surface area contributed by atoms with E-state index in [1.165, 1.54) is 17.3 Å². The van der Waals surface area contributed by atoms with Gasteiger partial charge in [-0.05, 0) is 54.4 Å². The summed E-state index contributed by atoms with van der Waals surface area (Å²) in [6, 6.07) is 16.9. The molecule has 30 heavy (non-hydrogen) atoms. The average Bonchev–Trinajstić information content (AvgIpc) is 3.04. The maximum absolute atomic E-state index is 13.1. The molecule has 1 atom stereocenters. The lowest BCUT2D eigenvalue weighted by molar-refractivity contribution is -0.132. The maximum atomic E-state index is 13.1. The highest BCUT2D eigenvalue weighted by Crippen LogP contribution is 2.43. The van der Waals surface area contributed by atoms with E-state index in [0.29, 0.717) is 17.0 Å². The second-order valence-corrected chi connectivity index (χ2v) is 6.96. The Morgan fingerprint density at radius 3 is 2.30 bits per heavy atom. The summed E-state index contributed by atoms with van der Waals surface area (Å²) in [5, 5.41) is 11.0. The number of amides is 1. The highest BCUT2D eigenvalue weighted by atomic mass is 16.5. The third-order valence-corrected chi connectivity index (χ3v) is 5.23. The molecule has 6 heteroatoms. The first-order chi connectivity index (χ1) is 14.5. The number of benzene rings is 2. The molecule has 1 unspecified atom stereocenters. The van der Waals surface area contributed by atoms with E-state index in [4.69, 9.17) is 4.74 Å². The van der Waals surface area contributed by atoms with Crippen molar-refractivity contribution >= 4 is 23.1 Å². The molecule has 0 bridgehead atoms. The summed E-state index contributed by atoms with van der Waals surface area (Å²) in [6.45, 7) is 1.91. The lowest BCUT2D eigenvalue weighted by Crippen LogP contribution is -2.29. The summed E-state index contributed by atoms with van der Waals surface area (Å²) in [7, 11) is 1.56. The van der Waals surface area contributed by atoms with Crippen molar-refractivity contribution in [3.8, 4) is 5.75 Å².